The predicted octanol–water partition coefficient (Wildman–Crippen LogP) is 3.55. The van der Waals surface area contributed by atoms with Crippen molar-refractivity contribution in [3.8, 4) is 0 Å². The summed E-state index contributed by atoms with van der Waals surface area (Å²) in [6.07, 6.45) is 3.48. The van der Waals surface area contributed by atoms with Gasteiger partial charge in [-0.15, -0.1) is 0 Å². The van der Waals surface area contributed by atoms with Crippen molar-refractivity contribution >= 4 is 22.5 Å². The molecule has 6 heteroatoms. The van der Waals surface area contributed by atoms with Crippen molar-refractivity contribution in [2.45, 2.75) is 52.6 Å². The van der Waals surface area contributed by atoms with Crippen molar-refractivity contribution in [3.63, 3.8) is 0 Å². The number of rotatable bonds is 8. The minimum Gasteiger partial charge on any atom is -0.324 e. The third kappa shape index (κ3) is 4.47. The maximum Gasteiger partial charge on any atom is 0.331 e. The highest BCUT2D eigenvalue weighted by atomic mass is 16.2. The van der Waals surface area contributed by atoms with Crippen molar-refractivity contribution in [1.29, 1.82) is 0 Å². The van der Waals surface area contributed by atoms with E-state index < -0.39 is 5.69 Å². The van der Waals surface area contributed by atoms with Gasteiger partial charge in [0.05, 0.1) is 10.9 Å². The van der Waals surface area contributed by atoms with Crippen LogP contribution in [0.25, 0.3) is 10.9 Å². The number of nitrogens with one attached hydrogen (secondary N) is 1. The third-order valence-corrected chi connectivity index (χ3v) is 5.09. The average Bonchev–Trinajstić information content (AvgIpc) is 2.74. The number of hydrogen-bond acceptors (Lipinski definition) is 3. The van der Waals surface area contributed by atoms with Crippen molar-refractivity contribution < 1.29 is 4.79 Å². The Hall–Kier alpha value is -3.15. The molecule has 0 radical (unpaired) electrons. The number of aromatic nitrogens is 2. The molecule has 0 aliphatic rings. The number of para-hydroxylation sites is 2. The summed E-state index contributed by atoms with van der Waals surface area (Å²) in [5.41, 5.74) is 1.52. The Morgan fingerprint density at radius 1 is 0.931 bits per heavy atom. The number of benzene rings is 2. The first-order chi connectivity index (χ1) is 14.1. The van der Waals surface area contributed by atoms with Crippen LogP contribution in [0.5, 0.6) is 0 Å². The fourth-order valence-corrected chi connectivity index (χ4v) is 3.52. The van der Waals surface area contributed by atoms with Crippen LogP contribution in [0.3, 0.4) is 0 Å². The number of hydrogen-bond donors (Lipinski definition) is 1. The van der Waals surface area contributed by atoms with Crippen LogP contribution in [0.4, 0.5) is 5.69 Å². The molecule has 3 rings (SSSR count). The molecule has 29 heavy (non-hydrogen) atoms. The van der Waals surface area contributed by atoms with Crippen LogP contribution in [0.2, 0.25) is 0 Å². The van der Waals surface area contributed by atoms with E-state index in [2.05, 4.69) is 12.2 Å². The first kappa shape index (κ1) is 20.6. The Morgan fingerprint density at radius 2 is 1.66 bits per heavy atom. The van der Waals surface area contributed by atoms with E-state index in [-0.39, 0.29) is 18.0 Å². The van der Waals surface area contributed by atoms with Gasteiger partial charge >= 0.3 is 5.69 Å². The van der Waals surface area contributed by atoms with Crippen LogP contribution in [-0.4, -0.2) is 15.0 Å². The van der Waals surface area contributed by atoms with Crippen LogP contribution < -0.4 is 16.6 Å². The van der Waals surface area contributed by atoms with Gasteiger partial charge in [0, 0.05) is 12.2 Å². The molecule has 0 unspecified atom stereocenters. The molecular formula is C23H27N3O3. The van der Waals surface area contributed by atoms with Gasteiger partial charge in [0.2, 0.25) is 5.91 Å². The molecule has 0 aliphatic heterocycles. The number of carbonyl (C=O) groups excluding carboxylic acids is 1. The van der Waals surface area contributed by atoms with Gasteiger partial charge in [-0.2, -0.15) is 0 Å². The molecule has 1 heterocycles. The summed E-state index contributed by atoms with van der Waals surface area (Å²) in [6, 6.07) is 14.6. The summed E-state index contributed by atoms with van der Waals surface area (Å²) in [6.45, 7) is 4.30. The summed E-state index contributed by atoms with van der Waals surface area (Å²) in [4.78, 5) is 38.6. The molecule has 1 N–H and O–H groups in total. The number of unbranched alkanes of at least 4 members (excludes halogenated alkanes) is 2. The second-order valence-electron chi connectivity index (χ2n) is 7.11. The molecule has 0 fully saturated rings. The Morgan fingerprint density at radius 3 is 2.41 bits per heavy atom. The maximum absolute atomic E-state index is 13.1. The SMILES string of the molecule is CCCCCn1c(=O)c2ccccc2n(CC(=O)Nc2ccccc2CC)c1=O. The van der Waals surface area contributed by atoms with Crippen molar-refractivity contribution in [2.75, 3.05) is 5.32 Å². The first-order valence-corrected chi connectivity index (χ1v) is 10.2. The summed E-state index contributed by atoms with van der Waals surface area (Å²) in [7, 11) is 0. The number of amides is 1. The molecule has 0 saturated carbocycles. The first-order valence-electron chi connectivity index (χ1n) is 10.2. The number of aryl methyl sites for hydroxylation is 1. The number of nitrogens with zero attached hydrogens (tertiary/aromatic N) is 2. The second-order valence-corrected chi connectivity index (χ2v) is 7.11. The van der Waals surface area contributed by atoms with Gasteiger partial charge in [0.25, 0.3) is 5.56 Å². The lowest BCUT2D eigenvalue weighted by molar-refractivity contribution is -0.116. The van der Waals surface area contributed by atoms with Crippen LogP contribution in [0, 0.1) is 0 Å². The van der Waals surface area contributed by atoms with E-state index in [0.29, 0.717) is 17.4 Å². The van der Waals surface area contributed by atoms with E-state index in [1.165, 1.54) is 9.13 Å². The van der Waals surface area contributed by atoms with Gasteiger partial charge in [-0.3, -0.25) is 18.7 Å². The minimum atomic E-state index is -0.441. The van der Waals surface area contributed by atoms with E-state index in [9.17, 15) is 14.4 Å². The van der Waals surface area contributed by atoms with Crippen LogP contribution in [0.1, 0.15) is 38.7 Å². The molecule has 2 aromatic carbocycles. The maximum atomic E-state index is 13.1. The normalized spacial score (nSPS) is 11.0. The number of fused-ring (bicyclic) bond motifs is 1. The van der Waals surface area contributed by atoms with Gasteiger partial charge in [-0.25, -0.2) is 4.79 Å². The lowest BCUT2D eigenvalue weighted by atomic mass is 10.1. The zero-order valence-corrected chi connectivity index (χ0v) is 17.0. The highest BCUT2D eigenvalue weighted by Crippen LogP contribution is 2.16. The summed E-state index contributed by atoms with van der Waals surface area (Å²) < 4.78 is 2.65. The van der Waals surface area contributed by atoms with E-state index >= 15 is 0 Å². The van der Waals surface area contributed by atoms with E-state index in [1.54, 1.807) is 24.3 Å². The Labute approximate surface area is 169 Å². The minimum absolute atomic E-state index is 0.147. The van der Waals surface area contributed by atoms with Crippen LogP contribution in [-0.2, 0) is 24.3 Å². The summed E-state index contributed by atoms with van der Waals surface area (Å²) in [5.74, 6) is -0.295. The zero-order chi connectivity index (χ0) is 20.8. The molecule has 6 nitrogen and oxygen atoms in total. The lowest BCUT2D eigenvalue weighted by Crippen LogP contribution is -2.41. The standard InChI is InChI=1S/C23H27N3O3/c1-3-5-10-15-25-22(28)18-12-7-9-14-20(18)26(23(25)29)16-21(27)24-19-13-8-6-11-17(19)4-2/h6-9,11-14H,3-5,10,15-16H2,1-2H3,(H,24,27). The molecule has 1 aromatic heterocycles. The topological polar surface area (TPSA) is 73.1 Å². The Balaban J connectivity index is 1.98. The molecule has 152 valence electrons. The fourth-order valence-electron chi connectivity index (χ4n) is 3.52. The lowest BCUT2D eigenvalue weighted by Gasteiger charge is -2.15. The molecule has 0 atom stereocenters. The smallest absolute Gasteiger partial charge is 0.324 e. The van der Waals surface area contributed by atoms with E-state index in [4.69, 9.17) is 0 Å². The van der Waals surface area contributed by atoms with Gasteiger partial charge in [0.1, 0.15) is 6.54 Å². The predicted molar refractivity (Wildman–Crippen MR) is 116 cm³/mol. The molecule has 0 aliphatic carbocycles. The fraction of sp³-hybridized carbons (Fsp3) is 0.348. The second kappa shape index (κ2) is 9.37. The Kier molecular flexibility index (Phi) is 6.65. The molecule has 1 amide bonds. The largest absolute Gasteiger partial charge is 0.331 e. The molecular weight excluding hydrogens is 366 g/mol. The Bertz CT molecular complexity index is 1130. The molecule has 0 spiro atoms. The van der Waals surface area contributed by atoms with Gasteiger partial charge in [-0.05, 0) is 36.6 Å². The van der Waals surface area contributed by atoms with Gasteiger partial charge < -0.3 is 5.32 Å². The van der Waals surface area contributed by atoms with Crippen LogP contribution >= 0.6 is 0 Å². The quantitative estimate of drug-likeness (QED) is 0.595. The summed E-state index contributed by atoms with van der Waals surface area (Å²) >= 11 is 0. The van der Waals surface area contributed by atoms with E-state index in [1.807, 2.05) is 31.2 Å². The van der Waals surface area contributed by atoms with Gasteiger partial charge in [0.15, 0.2) is 0 Å². The van der Waals surface area contributed by atoms with Crippen molar-refractivity contribution in [3.05, 3.63) is 74.9 Å². The van der Waals surface area contributed by atoms with Gasteiger partial charge in [-0.1, -0.05) is 57.0 Å². The highest BCUT2D eigenvalue weighted by molar-refractivity contribution is 5.92. The van der Waals surface area contributed by atoms with Crippen molar-refractivity contribution in [2.24, 2.45) is 0 Å². The molecule has 3 aromatic rings. The average molecular weight is 393 g/mol. The third-order valence-electron chi connectivity index (χ3n) is 5.09. The summed E-state index contributed by atoms with van der Waals surface area (Å²) in [5, 5.41) is 3.35. The molecule has 0 saturated heterocycles. The number of anilines is 1. The van der Waals surface area contributed by atoms with Crippen LogP contribution in [0.15, 0.2) is 58.1 Å². The monoisotopic (exact) mass is 393 g/mol. The van der Waals surface area contributed by atoms with E-state index in [0.717, 1.165) is 36.9 Å². The number of carbonyl (C=O) groups is 1. The highest BCUT2D eigenvalue weighted by Gasteiger charge is 2.15. The zero-order valence-electron chi connectivity index (χ0n) is 17.0. The molecule has 0 bridgehead atoms. The van der Waals surface area contributed by atoms with Crippen molar-refractivity contribution in [1.82, 2.24) is 9.13 Å².